The van der Waals surface area contributed by atoms with Gasteiger partial charge in [-0.3, -0.25) is 19.4 Å². The molecule has 6 nitrogen and oxygen atoms in total. The summed E-state index contributed by atoms with van der Waals surface area (Å²) in [6.07, 6.45) is 1.54. The fourth-order valence-corrected chi connectivity index (χ4v) is 3.66. The highest BCUT2D eigenvalue weighted by atomic mass is 16.2. The highest BCUT2D eigenvalue weighted by Crippen LogP contribution is 2.17. The summed E-state index contributed by atoms with van der Waals surface area (Å²) in [7, 11) is 0. The van der Waals surface area contributed by atoms with Crippen LogP contribution >= 0.6 is 0 Å². The van der Waals surface area contributed by atoms with Crippen LogP contribution in [0.1, 0.15) is 18.4 Å². The number of amides is 2. The maximum atomic E-state index is 12.5. The lowest BCUT2D eigenvalue weighted by Gasteiger charge is -2.37. The summed E-state index contributed by atoms with van der Waals surface area (Å²) in [5.41, 5.74) is 6.68. The van der Waals surface area contributed by atoms with Crippen LogP contribution in [0.4, 0.5) is 0 Å². The number of hydrogen-bond acceptors (Lipinski definition) is 4. The van der Waals surface area contributed by atoms with Gasteiger partial charge in [0.1, 0.15) is 0 Å². The zero-order chi connectivity index (χ0) is 17.6. The van der Waals surface area contributed by atoms with Crippen molar-refractivity contribution in [2.45, 2.75) is 19.4 Å². The van der Waals surface area contributed by atoms with E-state index >= 15 is 0 Å². The predicted molar refractivity (Wildman–Crippen MR) is 96.7 cm³/mol. The first-order valence-corrected chi connectivity index (χ1v) is 9.17. The van der Waals surface area contributed by atoms with Crippen molar-refractivity contribution in [1.29, 1.82) is 0 Å². The Hall–Kier alpha value is -1.92. The molecule has 2 N–H and O–H groups in total. The topological polar surface area (TPSA) is 69.9 Å². The maximum Gasteiger partial charge on any atom is 0.236 e. The molecule has 0 spiro atoms. The third kappa shape index (κ3) is 5.03. The molecule has 0 atom stereocenters. The van der Waals surface area contributed by atoms with E-state index in [1.807, 2.05) is 11.0 Å². The normalized spacial score (nSPS) is 20.6. The van der Waals surface area contributed by atoms with Gasteiger partial charge < -0.3 is 10.6 Å². The molecule has 2 aliphatic heterocycles. The molecule has 0 unspecified atom stereocenters. The monoisotopic (exact) mass is 344 g/mol. The number of carbonyl (C=O) groups excluding carboxylic acids is 2. The summed E-state index contributed by atoms with van der Waals surface area (Å²) in [5, 5.41) is 0. The van der Waals surface area contributed by atoms with E-state index in [0.29, 0.717) is 6.54 Å². The molecule has 136 valence electrons. The first-order chi connectivity index (χ1) is 12.1. The number of hydrogen-bond donors (Lipinski definition) is 1. The van der Waals surface area contributed by atoms with Gasteiger partial charge in [0.05, 0.1) is 6.54 Å². The van der Waals surface area contributed by atoms with Gasteiger partial charge >= 0.3 is 0 Å². The maximum absolute atomic E-state index is 12.5. The summed E-state index contributed by atoms with van der Waals surface area (Å²) in [6, 6.07) is 10.5. The molecule has 2 aliphatic rings. The number of primary amides is 1. The van der Waals surface area contributed by atoms with Gasteiger partial charge in [-0.1, -0.05) is 30.3 Å². The molecule has 6 heteroatoms. The van der Waals surface area contributed by atoms with Crippen molar-refractivity contribution in [2.24, 2.45) is 11.7 Å². The van der Waals surface area contributed by atoms with Crippen molar-refractivity contribution in [3.05, 3.63) is 35.9 Å². The molecule has 1 aromatic rings. The Bertz CT molecular complexity index is 576. The highest BCUT2D eigenvalue weighted by Gasteiger charge is 2.27. The Labute approximate surface area is 149 Å². The van der Waals surface area contributed by atoms with Gasteiger partial charge in [0.25, 0.3) is 0 Å². The number of rotatable bonds is 5. The average Bonchev–Trinajstić information content (AvgIpc) is 2.63. The van der Waals surface area contributed by atoms with Crippen molar-refractivity contribution in [3.8, 4) is 0 Å². The van der Waals surface area contributed by atoms with Gasteiger partial charge in [0.2, 0.25) is 11.8 Å². The van der Waals surface area contributed by atoms with E-state index in [1.165, 1.54) is 5.56 Å². The van der Waals surface area contributed by atoms with Crippen molar-refractivity contribution in [2.75, 3.05) is 45.8 Å². The molecule has 2 saturated heterocycles. The summed E-state index contributed by atoms with van der Waals surface area (Å²) in [4.78, 5) is 30.3. The number of carbonyl (C=O) groups is 2. The van der Waals surface area contributed by atoms with Crippen LogP contribution in [0.25, 0.3) is 0 Å². The van der Waals surface area contributed by atoms with Crippen LogP contribution in [0.2, 0.25) is 0 Å². The van der Waals surface area contributed by atoms with Crippen molar-refractivity contribution in [1.82, 2.24) is 14.7 Å². The van der Waals surface area contributed by atoms with Crippen LogP contribution in [-0.2, 0) is 16.1 Å². The highest BCUT2D eigenvalue weighted by molar-refractivity contribution is 5.79. The lowest BCUT2D eigenvalue weighted by molar-refractivity contribution is -0.134. The fraction of sp³-hybridized carbons (Fsp3) is 0.579. The van der Waals surface area contributed by atoms with Crippen molar-refractivity contribution >= 4 is 11.8 Å². The predicted octanol–water partition coefficient (Wildman–Crippen LogP) is 0.528. The number of benzene rings is 1. The van der Waals surface area contributed by atoms with Crippen LogP contribution in [0, 0.1) is 5.92 Å². The lowest BCUT2D eigenvalue weighted by atomic mass is 9.96. The first-order valence-electron chi connectivity index (χ1n) is 9.17. The summed E-state index contributed by atoms with van der Waals surface area (Å²) < 4.78 is 0. The van der Waals surface area contributed by atoms with Crippen LogP contribution in [0.15, 0.2) is 30.3 Å². The van der Waals surface area contributed by atoms with Gasteiger partial charge in [0.15, 0.2) is 0 Å². The number of likely N-dealkylation sites (tertiary alicyclic amines) is 1. The molecule has 3 rings (SSSR count). The number of nitrogens with two attached hydrogens (primary N) is 1. The minimum atomic E-state index is -0.208. The van der Waals surface area contributed by atoms with E-state index in [1.54, 1.807) is 0 Å². The molecule has 25 heavy (non-hydrogen) atoms. The largest absolute Gasteiger partial charge is 0.369 e. The quantitative estimate of drug-likeness (QED) is 0.846. The molecule has 1 aromatic carbocycles. The third-order valence-electron chi connectivity index (χ3n) is 5.32. The van der Waals surface area contributed by atoms with E-state index in [9.17, 15) is 9.59 Å². The Kier molecular flexibility index (Phi) is 6.04. The van der Waals surface area contributed by atoms with E-state index in [-0.39, 0.29) is 17.7 Å². The summed E-state index contributed by atoms with van der Waals surface area (Å²) in [5.74, 6) is -0.0229. The molecule has 2 amide bonds. The van der Waals surface area contributed by atoms with Gasteiger partial charge in [-0.2, -0.15) is 0 Å². The summed E-state index contributed by atoms with van der Waals surface area (Å²) in [6.45, 7) is 6.41. The second-order valence-corrected chi connectivity index (χ2v) is 7.10. The van der Waals surface area contributed by atoms with Crippen LogP contribution in [0.3, 0.4) is 0 Å². The van der Waals surface area contributed by atoms with E-state index < -0.39 is 0 Å². The van der Waals surface area contributed by atoms with Crippen LogP contribution in [0.5, 0.6) is 0 Å². The van der Waals surface area contributed by atoms with Crippen LogP contribution < -0.4 is 5.73 Å². The van der Waals surface area contributed by atoms with Crippen LogP contribution in [-0.4, -0.2) is 72.3 Å². The molecule has 0 aromatic heterocycles. The first kappa shape index (κ1) is 17.9. The molecule has 0 radical (unpaired) electrons. The van der Waals surface area contributed by atoms with Gasteiger partial charge in [-0.25, -0.2) is 0 Å². The number of nitrogens with zero attached hydrogens (tertiary/aromatic N) is 3. The van der Waals surface area contributed by atoms with E-state index in [2.05, 4.69) is 34.1 Å². The minimum absolute atomic E-state index is 0.0205. The Balaban J connectivity index is 1.39. The lowest BCUT2D eigenvalue weighted by Crippen LogP contribution is -2.51. The summed E-state index contributed by atoms with van der Waals surface area (Å²) >= 11 is 0. The molecule has 0 bridgehead atoms. The van der Waals surface area contributed by atoms with E-state index in [4.69, 9.17) is 5.73 Å². The Morgan fingerprint density at radius 1 is 0.920 bits per heavy atom. The standard InChI is InChI=1S/C19H28N4O2/c20-19(25)17-6-8-21(9-7-17)15-18(24)23-12-10-22(11-13-23)14-16-4-2-1-3-5-16/h1-5,17H,6-15H2,(H2,20,25). The minimum Gasteiger partial charge on any atom is -0.369 e. The molecule has 2 fully saturated rings. The van der Waals surface area contributed by atoms with E-state index in [0.717, 1.165) is 58.7 Å². The SMILES string of the molecule is NC(=O)C1CCN(CC(=O)N2CCN(Cc3ccccc3)CC2)CC1. The fourth-order valence-electron chi connectivity index (χ4n) is 3.66. The average molecular weight is 344 g/mol. The number of piperazine rings is 1. The molecule has 2 heterocycles. The Morgan fingerprint density at radius 2 is 1.56 bits per heavy atom. The third-order valence-corrected chi connectivity index (χ3v) is 5.32. The number of piperidine rings is 1. The molecule has 0 saturated carbocycles. The van der Waals surface area contributed by atoms with Gasteiger partial charge in [0, 0.05) is 38.6 Å². The van der Waals surface area contributed by atoms with Gasteiger partial charge in [-0.15, -0.1) is 0 Å². The zero-order valence-electron chi connectivity index (χ0n) is 14.8. The molecule has 0 aliphatic carbocycles. The molecular formula is C19H28N4O2. The van der Waals surface area contributed by atoms with Crippen molar-refractivity contribution < 1.29 is 9.59 Å². The smallest absolute Gasteiger partial charge is 0.236 e. The second-order valence-electron chi connectivity index (χ2n) is 7.10. The second kappa shape index (κ2) is 8.45. The van der Waals surface area contributed by atoms with Gasteiger partial charge in [-0.05, 0) is 31.5 Å². The zero-order valence-corrected chi connectivity index (χ0v) is 14.8. The Morgan fingerprint density at radius 3 is 2.16 bits per heavy atom. The van der Waals surface area contributed by atoms with Crippen molar-refractivity contribution in [3.63, 3.8) is 0 Å². The molecular weight excluding hydrogens is 316 g/mol.